The first-order valence-electron chi connectivity index (χ1n) is 4.89. The maximum atomic E-state index is 11.8. The van der Waals surface area contributed by atoms with Crippen LogP contribution in [-0.4, -0.2) is 12.0 Å². The maximum Gasteiger partial charge on any atom is 0.415 e. The van der Waals surface area contributed by atoms with E-state index < -0.39 is 17.6 Å². The normalized spacial score (nSPS) is 24.1. The van der Waals surface area contributed by atoms with Gasteiger partial charge < -0.3 is 4.74 Å². The van der Waals surface area contributed by atoms with Gasteiger partial charge in [-0.1, -0.05) is 35.0 Å². The zero-order valence-corrected chi connectivity index (χ0v) is 10.2. The van der Waals surface area contributed by atoms with E-state index in [0.717, 1.165) is 4.47 Å². The van der Waals surface area contributed by atoms with E-state index in [1.165, 1.54) is 0 Å². The van der Waals surface area contributed by atoms with Crippen molar-refractivity contribution in [1.29, 1.82) is 0 Å². The van der Waals surface area contributed by atoms with Gasteiger partial charge in [-0.05, 0) is 18.6 Å². The molecule has 1 N–H and O–H groups in total. The summed E-state index contributed by atoms with van der Waals surface area (Å²) in [5.41, 5.74) is -0.487. The fraction of sp³-hybridized carbons (Fsp3) is 0.273. The minimum Gasteiger partial charge on any atom is -0.428 e. The standard InChI is InChI=1S/C11H10BrNO3/c1-2-11(9(14)13-10(15)16-11)7-3-5-8(12)6-4-7/h3-6H,2H2,1H3,(H,13,14,15). The van der Waals surface area contributed by atoms with Gasteiger partial charge in [-0.2, -0.15) is 0 Å². The molecule has 1 saturated heterocycles. The molecule has 2 rings (SSSR count). The molecule has 0 spiro atoms. The number of amides is 2. The molecule has 1 heterocycles. The van der Waals surface area contributed by atoms with Gasteiger partial charge >= 0.3 is 6.09 Å². The highest BCUT2D eigenvalue weighted by Gasteiger charge is 2.48. The second kappa shape index (κ2) is 3.90. The van der Waals surface area contributed by atoms with Gasteiger partial charge in [-0.15, -0.1) is 0 Å². The first kappa shape index (κ1) is 11.1. The summed E-state index contributed by atoms with van der Waals surface area (Å²) < 4.78 is 6.03. The Morgan fingerprint density at radius 2 is 1.94 bits per heavy atom. The van der Waals surface area contributed by atoms with Crippen molar-refractivity contribution in [3.05, 3.63) is 34.3 Å². The number of rotatable bonds is 2. The molecule has 1 aliphatic heterocycles. The quantitative estimate of drug-likeness (QED) is 0.906. The van der Waals surface area contributed by atoms with Crippen LogP contribution in [0.3, 0.4) is 0 Å². The van der Waals surface area contributed by atoms with Gasteiger partial charge in [-0.3, -0.25) is 10.1 Å². The summed E-state index contributed by atoms with van der Waals surface area (Å²) in [6, 6.07) is 7.16. The molecule has 2 amide bonds. The molecule has 0 radical (unpaired) electrons. The van der Waals surface area contributed by atoms with Crippen molar-refractivity contribution in [3.8, 4) is 0 Å². The molecule has 1 aromatic carbocycles. The highest BCUT2D eigenvalue weighted by atomic mass is 79.9. The van der Waals surface area contributed by atoms with E-state index >= 15 is 0 Å². The zero-order valence-electron chi connectivity index (χ0n) is 8.62. The Bertz CT molecular complexity index is 443. The van der Waals surface area contributed by atoms with Gasteiger partial charge in [0.2, 0.25) is 5.60 Å². The lowest BCUT2D eigenvalue weighted by Crippen LogP contribution is -2.35. The van der Waals surface area contributed by atoms with Crippen LogP contribution in [0, 0.1) is 0 Å². The summed E-state index contributed by atoms with van der Waals surface area (Å²) in [6.45, 7) is 1.81. The number of imide groups is 1. The number of nitrogens with one attached hydrogen (secondary N) is 1. The van der Waals surface area contributed by atoms with E-state index in [9.17, 15) is 9.59 Å². The van der Waals surface area contributed by atoms with Crippen molar-refractivity contribution in [1.82, 2.24) is 5.32 Å². The average Bonchev–Trinajstić information content (AvgIpc) is 2.55. The second-order valence-electron chi connectivity index (χ2n) is 3.53. The molecule has 0 saturated carbocycles. The van der Waals surface area contributed by atoms with Crippen molar-refractivity contribution < 1.29 is 14.3 Å². The Balaban J connectivity index is 2.46. The molecule has 1 atom stereocenters. The number of carbonyl (C=O) groups is 2. The van der Waals surface area contributed by atoms with Crippen LogP contribution in [0.25, 0.3) is 0 Å². The predicted octanol–water partition coefficient (Wildman–Crippen LogP) is 2.32. The van der Waals surface area contributed by atoms with Crippen molar-refractivity contribution in [2.75, 3.05) is 0 Å². The molecular weight excluding hydrogens is 274 g/mol. The van der Waals surface area contributed by atoms with Crippen LogP contribution in [0.1, 0.15) is 18.9 Å². The molecule has 16 heavy (non-hydrogen) atoms. The fourth-order valence-corrected chi connectivity index (χ4v) is 2.03. The third-order valence-corrected chi connectivity index (χ3v) is 3.19. The molecule has 0 bridgehead atoms. The number of cyclic esters (lactones) is 1. The number of benzene rings is 1. The van der Waals surface area contributed by atoms with Crippen molar-refractivity contribution >= 4 is 27.9 Å². The van der Waals surface area contributed by atoms with Crippen LogP contribution >= 0.6 is 15.9 Å². The van der Waals surface area contributed by atoms with Gasteiger partial charge in [0.25, 0.3) is 5.91 Å². The molecule has 84 valence electrons. The number of carbonyl (C=O) groups excluding carboxylic acids is 2. The molecule has 0 aliphatic carbocycles. The lowest BCUT2D eigenvalue weighted by molar-refractivity contribution is -0.132. The first-order valence-corrected chi connectivity index (χ1v) is 5.68. The smallest absolute Gasteiger partial charge is 0.415 e. The lowest BCUT2D eigenvalue weighted by atomic mass is 9.91. The number of ether oxygens (including phenoxy) is 1. The van der Waals surface area contributed by atoms with Crippen molar-refractivity contribution in [2.24, 2.45) is 0 Å². The zero-order chi connectivity index (χ0) is 11.8. The average molecular weight is 284 g/mol. The Kier molecular flexibility index (Phi) is 2.71. The van der Waals surface area contributed by atoms with E-state index in [1.54, 1.807) is 19.1 Å². The number of hydrogen-bond donors (Lipinski definition) is 1. The van der Waals surface area contributed by atoms with Gasteiger partial charge in [0.05, 0.1) is 0 Å². The van der Waals surface area contributed by atoms with Crippen molar-refractivity contribution in [2.45, 2.75) is 18.9 Å². The Morgan fingerprint density at radius 1 is 1.31 bits per heavy atom. The largest absolute Gasteiger partial charge is 0.428 e. The summed E-state index contributed by atoms with van der Waals surface area (Å²) >= 11 is 3.31. The molecule has 4 nitrogen and oxygen atoms in total. The lowest BCUT2D eigenvalue weighted by Gasteiger charge is -2.23. The van der Waals surface area contributed by atoms with Gasteiger partial charge in [0, 0.05) is 10.0 Å². The molecule has 1 fully saturated rings. The summed E-state index contributed by atoms with van der Waals surface area (Å²) in [4.78, 5) is 22.9. The molecular formula is C11H10BrNO3. The summed E-state index contributed by atoms with van der Waals surface area (Å²) in [5, 5.41) is 2.16. The number of halogens is 1. The first-order chi connectivity index (χ1) is 7.58. The van der Waals surface area contributed by atoms with Gasteiger partial charge in [0.15, 0.2) is 0 Å². The van der Waals surface area contributed by atoms with E-state index in [-0.39, 0.29) is 0 Å². The van der Waals surface area contributed by atoms with E-state index in [2.05, 4.69) is 21.2 Å². The van der Waals surface area contributed by atoms with Gasteiger partial charge in [0.1, 0.15) is 0 Å². The van der Waals surface area contributed by atoms with Crippen LogP contribution < -0.4 is 5.32 Å². The predicted molar refractivity (Wildman–Crippen MR) is 60.7 cm³/mol. The van der Waals surface area contributed by atoms with Crippen LogP contribution in [0.2, 0.25) is 0 Å². The molecule has 5 heteroatoms. The number of hydrogen-bond acceptors (Lipinski definition) is 3. The Morgan fingerprint density at radius 3 is 2.38 bits per heavy atom. The SMILES string of the molecule is CCC1(c2ccc(Br)cc2)OC(=O)NC1=O. The second-order valence-corrected chi connectivity index (χ2v) is 4.45. The van der Waals surface area contributed by atoms with E-state index in [0.29, 0.717) is 12.0 Å². The minimum absolute atomic E-state index is 0.401. The highest BCUT2D eigenvalue weighted by Crippen LogP contribution is 2.34. The summed E-state index contributed by atoms with van der Waals surface area (Å²) in [6.07, 6.45) is -0.276. The van der Waals surface area contributed by atoms with Crippen LogP contribution in [0.4, 0.5) is 4.79 Å². The summed E-state index contributed by atoms with van der Waals surface area (Å²) in [5.74, 6) is -0.401. The summed E-state index contributed by atoms with van der Waals surface area (Å²) in [7, 11) is 0. The third-order valence-electron chi connectivity index (χ3n) is 2.66. The van der Waals surface area contributed by atoms with Crippen LogP contribution in [0.15, 0.2) is 28.7 Å². The monoisotopic (exact) mass is 283 g/mol. The van der Waals surface area contributed by atoms with Crippen LogP contribution in [0.5, 0.6) is 0 Å². The fourth-order valence-electron chi connectivity index (χ4n) is 1.77. The molecule has 1 unspecified atom stereocenters. The highest BCUT2D eigenvalue weighted by molar-refractivity contribution is 9.10. The third kappa shape index (κ3) is 1.61. The molecule has 0 aromatic heterocycles. The minimum atomic E-state index is -1.17. The van der Waals surface area contributed by atoms with Crippen molar-refractivity contribution in [3.63, 3.8) is 0 Å². The van der Waals surface area contributed by atoms with Gasteiger partial charge in [-0.25, -0.2) is 4.79 Å². The molecule has 1 aromatic rings. The van der Waals surface area contributed by atoms with E-state index in [1.807, 2.05) is 12.1 Å². The van der Waals surface area contributed by atoms with Crippen LogP contribution in [-0.2, 0) is 15.1 Å². The molecule has 1 aliphatic rings. The Hall–Kier alpha value is -1.36. The maximum absolute atomic E-state index is 11.8. The topological polar surface area (TPSA) is 55.4 Å². The van der Waals surface area contributed by atoms with E-state index in [4.69, 9.17) is 4.74 Å². The number of alkyl carbamates (subject to hydrolysis) is 1. The Labute approximate surface area is 101 Å².